The van der Waals surface area contributed by atoms with Gasteiger partial charge in [-0.3, -0.25) is 0 Å². The lowest BCUT2D eigenvalue weighted by atomic mass is 10.1. The summed E-state index contributed by atoms with van der Waals surface area (Å²) in [6, 6.07) is 3.30. The number of carboxylic acid groups (broad SMARTS) is 1. The third-order valence-electron chi connectivity index (χ3n) is 3.24. The Hall–Kier alpha value is -1.89. The summed E-state index contributed by atoms with van der Waals surface area (Å²) in [6.45, 7) is 1.85. The molecule has 6 nitrogen and oxygen atoms in total. The zero-order chi connectivity index (χ0) is 15.0. The highest BCUT2D eigenvalue weighted by Crippen LogP contribution is 2.38. The SMILES string of the molecule is Cc1cc(Br)cc(C(=O)O)c1OCc1nc(C2CC2)no1. The van der Waals surface area contributed by atoms with E-state index >= 15 is 0 Å². The zero-order valence-corrected chi connectivity index (χ0v) is 12.9. The van der Waals surface area contributed by atoms with E-state index in [4.69, 9.17) is 9.26 Å². The fourth-order valence-corrected chi connectivity index (χ4v) is 2.62. The largest absolute Gasteiger partial charge is 0.483 e. The van der Waals surface area contributed by atoms with Crippen LogP contribution >= 0.6 is 15.9 Å². The molecule has 7 heteroatoms. The van der Waals surface area contributed by atoms with Crippen molar-refractivity contribution in [3.8, 4) is 5.75 Å². The first kappa shape index (κ1) is 14.1. The van der Waals surface area contributed by atoms with Crippen LogP contribution < -0.4 is 4.74 Å². The van der Waals surface area contributed by atoms with Crippen molar-refractivity contribution >= 4 is 21.9 Å². The molecule has 0 atom stereocenters. The van der Waals surface area contributed by atoms with E-state index in [1.807, 2.05) is 0 Å². The maximum atomic E-state index is 11.3. The number of aromatic nitrogens is 2. The predicted octanol–water partition coefficient (Wildman–Crippen LogP) is 3.30. The Bertz CT molecular complexity index is 694. The molecule has 0 saturated heterocycles. The van der Waals surface area contributed by atoms with Crippen molar-refractivity contribution in [2.75, 3.05) is 0 Å². The van der Waals surface area contributed by atoms with Gasteiger partial charge in [0.25, 0.3) is 5.89 Å². The molecule has 1 N–H and O–H groups in total. The number of aryl methyl sites for hydroxylation is 1. The van der Waals surface area contributed by atoms with Crippen LogP contribution in [-0.2, 0) is 6.61 Å². The highest BCUT2D eigenvalue weighted by atomic mass is 79.9. The van der Waals surface area contributed by atoms with Crippen molar-refractivity contribution in [2.45, 2.75) is 32.3 Å². The summed E-state index contributed by atoms with van der Waals surface area (Å²) in [5, 5.41) is 13.1. The minimum absolute atomic E-state index is 0.0580. The molecule has 0 spiro atoms. The quantitative estimate of drug-likeness (QED) is 0.888. The van der Waals surface area contributed by atoms with Crippen LogP contribution in [0.5, 0.6) is 5.75 Å². The highest BCUT2D eigenvalue weighted by molar-refractivity contribution is 9.10. The van der Waals surface area contributed by atoms with E-state index in [1.54, 1.807) is 13.0 Å². The van der Waals surface area contributed by atoms with Crippen molar-refractivity contribution in [3.63, 3.8) is 0 Å². The smallest absolute Gasteiger partial charge is 0.339 e. The molecular weight excluding hydrogens is 340 g/mol. The lowest BCUT2D eigenvalue weighted by Crippen LogP contribution is -2.05. The zero-order valence-electron chi connectivity index (χ0n) is 11.3. The highest BCUT2D eigenvalue weighted by Gasteiger charge is 2.29. The fourth-order valence-electron chi connectivity index (χ4n) is 2.05. The maximum absolute atomic E-state index is 11.3. The third-order valence-corrected chi connectivity index (χ3v) is 3.69. The van der Waals surface area contributed by atoms with Gasteiger partial charge in [-0.25, -0.2) is 4.79 Å². The molecule has 21 heavy (non-hydrogen) atoms. The molecule has 1 aliphatic rings. The first-order valence-corrected chi connectivity index (χ1v) is 7.32. The Morgan fingerprint density at radius 1 is 1.52 bits per heavy atom. The van der Waals surface area contributed by atoms with Crippen molar-refractivity contribution in [3.05, 3.63) is 39.4 Å². The van der Waals surface area contributed by atoms with Crippen LogP contribution in [0, 0.1) is 6.92 Å². The Kier molecular flexibility index (Phi) is 3.67. The summed E-state index contributed by atoms with van der Waals surface area (Å²) in [7, 11) is 0. The predicted molar refractivity (Wildman–Crippen MR) is 76.4 cm³/mol. The van der Waals surface area contributed by atoms with E-state index in [0.717, 1.165) is 18.4 Å². The first-order chi connectivity index (χ1) is 10.0. The lowest BCUT2D eigenvalue weighted by molar-refractivity contribution is 0.0690. The maximum Gasteiger partial charge on any atom is 0.339 e. The van der Waals surface area contributed by atoms with Gasteiger partial charge in [-0.2, -0.15) is 4.98 Å². The molecule has 1 fully saturated rings. The topological polar surface area (TPSA) is 85.5 Å². The van der Waals surface area contributed by atoms with Crippen LogP contribution in [0.4, 0.5) is 0 Å². The average molecular weight is 353 g/mol. The molecule has 3 rings (SSSR count). The van der Waals surface area contributed by atoms with Gasteiger partial charge in [-0.05, 0) is 37.5 Å². The number of carbonyl (C=O) groups is 1. The average Bonchev–Trinajstić information content (AvgIpc) is 3.16. The number of ether oxygens (including phenoxy) is 1. The number of carboxylic acids is 1. The van der Waals surface area contributed by atoms with Crippen LogP contribution in [0.15, 0.2) is 21.1 Å². The van der Waals surface area contributed by atoms with Crippen molar-refractivity contribution in [1.29, 1.82) is 0 Å². The van der Waals surface area contributed by atoms with E-state index in [9.17, 15) is 9.90 Å². The van der Waals surface area contributed by atoms with Gasteiger partial charge in [-0.1, -0.05) is 21.1 Å². The van der Waals surface area contributed by atoms with Crippen LogP contribution in [0.25, 0.3) is 0 Å². The molecule has 0 radical (unpaired) electrons. The Labute approximate surface area is 129 Å². The second kappa shape index (κ2) is 5.48. The Morgan fingerprint density at radius 2 is 2.29 bits per heavy atom. The van der Waals surface area contributed by atoms with Gasteiger partial charge in [0, 0.05) is 10.4 Å². The molecule has 0 amide bonds. The summed E-state index contributed by atoms with van der Waals surface area (Å²) in [5.74, 6) is 0.747. The fraction of sp³-hybridized carbons (Fsp3) is 0.357. The number of hydrogen-bond acceptors (Lipinski definition) is 5. The molecule has 110 valence electrons. The van der Waals surface area contributed by atoms with Gasteiger partial charge in [0.2, 0.25) is 0 Å². The standard InChI is InChI=1S/C14H13BrN2O4/c1-7-4-9(15)5-10(14(18)19)12(7)20-6-11-16-13(17-21-11)8-2-3-8/h4-5,8H,2-3,6H2,1H3,(H,18,19). The minimum atomic E-state index is -1.04. The number of aromatic carboxylic acids is 1. The number of hydrogen-bond donors (Lipinski definition) is 1. The number of rotatable bonds is 5. The third kappa shape index (κ3) is 3.07. The second-order valence-electron chi connectivity index (χ2n) is 5.01. The number of halogens is 1. The second-order valence-corrected chi connectivity index (χ2v) is 5.93. The lowest BCUT2D eigenvalue weighted by Gasteiger charge is -2.11. The van der Waals surface area contributed by atoms with E-state index in [1.165, 1.54) is 6.07 Å². The van der Waals surface area contributed by atoms with Crippen molar-refractivity contribution in [2.24, 2.45) is 0 Å². The summed E-state index contributed by atoms with van der Waals surface area (Å²) >= 11 is 3.28. The van der Waals surface area contributed by atoms with Gasteiger partial charge >= 0.3 is 5.97 Å². The summed E-state index contributed by atoms with van der Waals surface area (Å²) < 4.78 is 11.4. The molecule has 1 saturated carbocycles. The summed E-state index contributed by atoms with van der Waals surface area (Å²) in [6.07, 6.45) is 2.18. The molecule has 1 heterocycles. The van der Waals surface area contributed by atoms with E-state index < -0.39 is 5.97 Å². The first-order valence-electron chi connectivity index (χ1n) is 6.53. The molecule has 2 aromatic rings. The monoisotopic (exact) mass is 352 g/mol. The molecule has 1 aromatic heterocycles. The Morgan fingerprint density at radius 3 is 2.95 bits per heavy atom. The number of benzene rings is 1. The molecular formula is C14H13BrN2O4. The summed E-state index contributed by atoms with van der Waals surface area (Å²) in [4.78, 5) is 15.5. The Balaban J connectivity index is 1.78. The van der Waals surface area contributed by atoms with Crippen LogP contribution in [0.2, 0.25) is 0 Å². The summed E-state index contributed by atoms with van der Waals surface area (Å²) in [5.41, 5.74) is 0.826. The van der Waals surface area contributed by atoms with Gasteiger partial charge in [-0.15, -0.1) is 0 Å². The molecule has 1 aromatic carbocycles. The van der Waals surface area contributed by atoms with Crippen molar-refractivity contribution in [1.82, 2.24) is 10.1 Å². The van der Waals surface area contributed by atoms with Gasteiger partial charge in [0.15, 0.2) is 12.4 Å². The molecule has 0 aliphatic heterocycles. The van der Waals surface area contributed by atoms with E-state index in [2.05, 4.69) is 26.1 Å². The van der Waals surface area contributed by atoms with Crippen LogP contribution in [-0.4, -0.2) is 21.2 Å². The van der Waals surface area contributed by atoms with E-state index in [0.29, 0.717) is 27.9 Å². The normalized spacial score (nSPS) is 14.2. The van der Waals surface area contributed by atoms with Crippen molar-refractivity contribution < 1.29 is 19.2 Å². The van der Waals surface area contributed by atoms with E-state index in [-0.39, 0.29) is 12.2 Å². The van der Waals surface area contributed by atoms with Gasteiger partial charge in [0.05, 0.1) is 0 Å². The van der Waals surface area contributed by atoms with Gasteiger partial charge in [0.1, 0.15) is 11.3 Å². The minimum Gasteiger partial charge on any atom is -0.483 e. The van der Waals surface area contributed by atoms with Crippen LogP contribution in [0.1, 0.15) is 46.4 Å². The molecule has 1 aliphatic carbocycles. The van der Waals surface area contributed by atoms with Crippen LogP contribution in [0.3, 0.4) is 0 Å². The number of nitrogens with zero attached hydrogens (tertiary/aromatic N) is 2. The van der Waals surface area contributed by atoms with Gasteiger partial charge < -0.3 is 14.4 Å². The molecule has 0 bridgehead atoms. The molecule has 0 unspecified atom stereocenters.